The summed E-state index contributed by atoms with van der Waals surface area (Å²) in [5, 5.41) is 15.9. The minimum atomic E-state index is -0.861. The number of hydrogen-bond acceptors (Lipinski definition) is 3. The summed E-state index contributed by atoms with van der Waals surface area (Å²) in [6.07, 6.45) is 0.394. The number of rotatable bonds is 6. The highest BCUT2D eigenvalue weighted by molar-refractivity contribution is 5.76. The van der Waals surface area contributed by atoms with Gasteiger partial charge in [-0.05, 0) is 40.2 Å². The summed E-state index contributed by atoms with van der Waals surface area (Å²) in [5.74, 6) is -1.02. The number of amides is 1. The lowest BCUT2D eigenvalue weighted by Gasteiger charge is -2.18. The Balaban J connectivity index is 2.41. The molecule has 0 bridgehead atoms. The van der Waals surface area contributed by atoms with E-state index in [-0.39, 0.29) is 12.5 Å². The Labute approximate surface area is 112 Å². The van der Waals surface area contributed by atoms with Crippen molar-refractivity contribution in [3.63, 3.8) is 0 Å². The molecule has 0 saturated carbocycles. The van der Waals surface area contributed by atoms with Crippen molar-refractivity contribution in [2.75, 3.05) is 6.54 Å². The van der Waals surface area contributed by atoms with Crippen LogP contribution in [0.1, 0.15) is 31.7 Å². The molecule has 1 aromatic rings. The van der Waals surface area contributed by atoms with Crippen LogP contribution in [0.25, 0.3) is 0 Å². The molecule has 1 amide bonds. The van der Waals surface area contributed by atoms with Crippen LogP contribution in [0.15, 0.2) is 6.07 Å². The highest BCUT2D eigenvalue weighted by Gasteiger charge is 2.26. The summed E-state index contributed by atoms with van der Waals surface area (Å²) in [6.45, 7) is 7.55. The molecule has 0 aliphatic rings. The number of carboxylic acids is 1. The van der Waals surface area contributed by atoms with Crippen LogP contribution < -0.4 is 5.32 Å². The average molecular weight is 267 g/mol. The molecule has 2 N–H and O–H groups in total. The second-order valence-electron chi connectivity index (χ2n) is 5.37. The van der Waals surface area contributed by atoms with Crippen LogP contribution in [0.5, 0.6) is 0 Å². The van der Waals surface area contributed by atoms with Gasteiger partial charge in [0.2, 0.25) is 5.91 Å². The van der Waals surface area contributed by atoms with E-state index < -0.39 is 11.4 Å². The van der Waals surface area contributed by atoms with Crippen molar-refractivity contribution in [1.82, 2.24) is 15.1 Å². The number of nitrogens with one attached hydrogen (secondary N) is 1. The van der Waals surface area contributed by atoms with E-state index in [1.807, 2.05) is 19.9 Å². The van der Waals surface area contributed by atoms with Gasteiger partial charge in [0.25, 0.3) is 0 Å². The molecule has 6 nitrogen and oxygen atoms in total. The predicted molar refractivity (Wildman–Crippen MR) is 70.7 cm³/mol. The number of aromatic nitrogens is 2. The Morgan fingerprint density at radius 1 is 1.42 bits per heavy atom. The molecule has 0 saturated heterocycles. The third-order valence-corrected chi connectivity index (χ3v) is 3.05. The molecule has 19 heavy (non-hydrogen) atoms. The van der Waals surface area contributed by atoms with Crippen molar-refractivity contribution < 1.29 is 14.7 Å². The Kier molecular flexibility index (Phi) is 4.69. The summed E-state index contributed by atoms with van der Waals surface area (Å²) < 4.78 is 1.63. The zero-order valence-electron chi connectivity index (χ0n) is 11.9. The minimum Gasteiger partial charge on any atom is -0.481 e. The molecule has 1 aromatic heterocycles. The van der Waals surface area contributed by atoms with Crippen LogP contribution in [0, 0.1) is 19.3 Å². The zero-order valence-corrected chi connectivity index (χ0v) is 11.9. The average Bonchev–Trinajstić information content (AvgIpc) is 2.56. The normalized spacial score (nSPS) is 11.4. The molecular weight excluding hydrogens is 246 g/mol. The van der Waals surface area contributed by atoms with Crippen LogP contribution in [-0.4, -0.2) is 33.3 Å². The second-order valence-corrected chi connectivity index (χ2v) is 5.37. The Morgan fingerprint density at radius 2 is 2.05 bits per heavy atom. The first-order valence-electron chi connectivity index (χ1n) is 6.23. The van der Waals surface area contributed by atoms with Crippen molar-refractivity contribution in [1.29, 1.82) is 0 Å². The largest absolute Gasteiger partial charge is 0.481 e. The maximum atomic E-state index is 11.7. The van der Waals surface area contributed by atoms with E-state index in [1.54, 1.807) is 18.5 Å². The van der Waals surface area contributed by atoms with Gasteiger partial charge < -0.3 is 10.4 Å². The van der Waals surface area contributed by atoms with Crippen LogP contribution in [0.4, 0.5) is 0 Å². The van der Waals surface area contributed by atoms with Crippen LogP contribution in [0.2, 0.25) is 0 Å². The van der Waals surface area contributed by atoms with Gasteiger partial charge in [-0.25, -0.2) is 0 Å². The Bertz CT molecular complexity index is 477. The van der Waals surface area contributed by atoms with Gasteiger partial charge in [-0.15, -0.1) is 0 Å². The zero-order chi connectivity index (χ0) is 14.6. The van der Waals surface area contributed by atoms with Crippen molar-refractivity contribution in [3.05, 3.63) is 17.5 Å². The van der Waals surface area contributed by atoms with E-state index in [0.717, 1.165) is 11.4 Å². The Morgan fingerprint density at radius 3 is 2.53 bits per heavy atom. The van der Waals surface area contributed by atoms with Crippen molar-refractivity contribution in [2.45, 2.75) is 40.7 Å². The minimum absolute atomic E-state index is 0.160. The standard InChI is InChI=1S/C13H21N3O3/c1-9-7-10(2)16(15-9)8-11(17)14-6-5-13(3,4)12(18)19/h7H,5-6,8H2,1-4H3,(H,14,17)(H,18,19). The van der Waals surface area contributed by atoms with Gasteiger partial charge in [-0.3, -0.25) is 14.3 Å². The monoisotopic (exact) mass is 267 g/mol. The number of aryl methyl sites for hydroxylation is 2. The van der Waals surface area contributed by atoms with Crippen LogP contribution >= 0.6 is 0 Å². The van der Waals surface area contributed by atoms with E-state index >= 15 is 0 Å². The molecular formula is C13H21N3O3. The second kappa shape index (κ2) is 5.86. The fourth-order valence-electron chi connectivity index (χ4n) is 1.65. The molecule has 0 spiro atoms. The first-order valence-corrected chi connectivity index (χ1v) is 6.23. The number of nitrogens with zero attached hydrogens (tertiary/aromatic N) is 2. The van der Waals surface area contributed by atoms with Gasteiger partial charge in [0.1, 0.15) is 6.54 Å². The quantitative estimate of drug-likeness (QED) is 0.809. The topological polar surface area (TPSA) is 84.2 Å². The predicted octanol–water partition coefficient (Wildman–Crippen LogP) is 1.12. The molecule has 1 rings (SSSR count). The molecule has 106 valence electrons. The number of carboxylic acid groups (broad SMARTS) is 1. The summed E-state index contributed by atoms with van der Waals surface area (Å²) in [7, 11) is 0. The smallest absolute Gasteiger partial charge is 0.309 e. The van der Waals surface area contributed by atoms with Gasteiger partial charge in [0, 0.05) is 12.2 Å². The third kappa shape index (κ3) is 4.39. The van der Waals surface area contributed by atoms with Crippen LogP contribution in [-0.2, 0) is 16.1 Å². The van der Waals surface area contributed by atoms with E-state index in [2.05, 4.69) is 10.4 Å². The van der Waals surface area contributed by atoms with E-state index in [1.165, 1.54) is 0 Å². The van der Waals surface area contributed by atoms with Crippen molar-refractivity contribution in [3.8, 4) is 0 Å². The molecule has 0 unspecified atom stereocenters. The van der Waals surface area contributed by atoms with Crippen LogP contribution in [0.3, 0.4) is 0 Å². The van der Waals surface area contributed by atoms with Gasteiger partial charge in [0.15, 0.2) is 0 Å². The lowest BCUT2D eigenvalue weighted by atomic mass is 9.90. The van der Waals surface area contributed by atoms with E-state index in [9.17, 15) is 9.59 Å². The summed E-state index contributed by atoms with van der Waals surface area (Å²) in [4.78, 5) is 22.6. The molecule has 0 aliphatic carbocycles. The van der Waals surface area contributed by atoms with Gasteiger partial charge >= 0.3 is 5.97 Å². The lowest BCUT2D eigenvalue weighted by Crippen LogP contribution is -2.34. The lowest BCUT2D eigenvalue weighted by molar-refractivity contribution is -0.147. The molecule has 0 aliphatic heterocycles. The molecule has 0 aromatic carbocycles. The summed E-state index contributed by atoms with van der Waals surface area (Å²) in [5.41, 5.74) is 0.974. The number of carbonyl (C=O) groups excluding carboxylic acids is 1. The highest BCUT2D eigenvalue weighted by atomic mass is 16.4. The third-order valence-electron chi connectivity index (χ3n) is 3.05. The summed E-state index contributed by atoms with van der Waals surface area (Å²) in [6, 6.07) is 1.90. The maximum absolute atomic E-state index is 11.7. The Hall–Kier alpha value is -1.85. The SMILES string of the molecule is Cc1cc(C)n(CC(=O)NCCC(C)(C)C(=O)O)n1. The molecule has 0 radical (unpaired) electrons. The molecule has 0 atom stereocenters. The van der Waals surface area contributed by atoms with Gasteiger partial charge in [-0.1, -0.05) is 0 Å². The number of carbonyl (C=O) groups is 2. The fourth-order valence-corrected chi connectivity index (χ4v) is 1.65. The van der Waals surface area contributed by atoms with E-state index in [4.69, 9.17) is 5.11 Å². The molecule has 1 heterocycles. The van der Waals surface area contributed by atoms with Gasteiger partial charge in [0.05, 0.1) is 11.1 Å². The number of hydrogen-bond donors (Lipinski definition) is 2. The van der Waals surface area contributed by atoms with Crippen molar-refractivity contribution in [2.24, 2.45) is 5.41 Å². The number of aliphatic carboxylic acids is 1. The first-order chi connectivity index (χ1) is 8.72. The van der Waals surface area contributed by atoms with Gasteiger partial charge in [-0.2, -0.15) is 5.10 Å². The molecule has 0 fully saturated rings. The first kappa shape index (κ1) is 15.2. The highest BCUT2D eigenvalue weighted by Crippen LogP contribution is 2.19. The fraction of sp³-hybridized carbons (Fsp3) is 0.615. The maximum Gasteiger partial charge on any atom is 0.309 e. The van der Waals surface area contributed by atoms with E-state index in [0.29, 0.717) is 13.0 Å². The van der Waals surface area contributed by atoms with Crippen molar-refractivity contribution >= 4 is 11.9 Å². The molecule has 6 heteroatoms. The summed E-state index contributed by atoms with van der Waals surface area (Å²) >= 11 is 0.